The standard InChI is InChI=1S/C30H51NO5/c1-5-21-25-14-20(33)8-11-30(25,4)24-9-12-29(3)22(6-7-23(29)26(24)27(21)34)18(2)10-13-36-28(35)31-15-19(16-31)17-32/h18-27,32-34H,5-17H2,1-4H3/t18-,20-,21-,22-,23+,24?,25+,26?,27-,29-,30-/m1/s1. The van der Waals surface area contributed by atoms with Crippen molar-refractivity contribution < 1.29 is 24.9 Å². The number of aliphatic hydroxyl groups excluding tert-OH is 3. The SMILES string of the molecule is CC[C@H]1[C@@H](O)C2C(CC[C@]3(C)[C@@H]([C@H](C)CCOC(=O)N4CC(CO)C4)CC[C@@H]23)[C@@]2(C)CC[C@@H](O)C[C@@H]12. The number of amides is 1. The van der Waals surface area contributed by atoms with E-state index >= 15 is 0 Å². The van der Waals surface area contributed by atoms with Gasteiger partial charge in [0.15, 0.2) is 0 Å². The van der Waals surface area contributed by atoms with Gasteiger partial charge in [-0.05, 0) is 104 Å². The van der Waals surface area contributed by atoms with Crippen LogP contribution in [0.4, 0.5) is 4.79 Å². The molecule has 6 heteroatoms. The van der Waals surface area contributed by atoms with Crippen molar-refractivity contribution >= 4 is 6.09 Å². The summed E-state index contributed by atoms with van der Waals surface area (Å²) < 4.78 is 5.60. The molecule has 0 spiro atoms. The average Bonchev–Trinajstić information content (AvgIpc) is 3.17. The molecule has 0 aromatic carbocycles. The Morgan fingerprint density at radius 1 is 1.03 bits per heavy atom. The number of carbonyl (C=O) groups is 1. The first kappa shape index (κ1) is 26.7. The molecule has 2 unspecified atom stereocenters. The van der Waals surface area contributed by atoms with E-state index in [2.05, 4.69) is 27.7 Å². The van der Waals surface area contributed by atoms with E-state index in [-0.39, 0.29) is 41.7 Å². The van der Waals surface area contributed by atoms with E-state index in [1.165, 1.54) is 25.7 Å². The van der Waals surface area contributed by atoms with E-state index in [4.69, 9.17) is 9.84 Å². The third-order valence-corrected chi connectivity index (χ3v) is 12.4. The minimum atomic E-state index is -0.248. The normalized spacial score (nSPS) is 47.4. The van der Waals surface area contributed by atoms with Gasteiger partial charge >= 0.3 is 6.09 Å². The highest BCUT2D eigenvalue weighted by molar-refractivity contribution is 5.68. The van der Waals surface area contributed by atoms with Gasteiger partial charge in [0.1, 0.15) is 0 Å². The predicted octanol–water partition coefficient (Wildman–Crippen LogP) is 4.70. The van der Waals surface area contributed by atoms with Crippen molar-refractivity contribution in [2.75, 3.05) is 26.3 Å². The highest BCUT2D eigenvalue weighted by Gasteiger charge is 2.64. The van der Waals surface area contributed by atoms with Crippen LogP contribution in [-0.2, 0) is 4.74 Å². The average molecular weight is 506 g/mol. The van der Waals surface area contributed by atoms with E-state index in [9.17, 15) is 15.0 Å². The Labute approximate surface area is 218 Å². The lowest BCUT2D eigenvalue weighted by molar-refractivity contribution is -0.203. The summed E-state index contributed by atoms with van der Waals surface area (Å²) in [6.45, 7) is 11.4. The van der Waals surface area contributed by atoms with Gasteiger partial charge in [-0.15, -0.1) is 0 Å². The first-order chi connectivity index (χ1) is 17.1. The van der Waals surface area contributed by atoms with E-state index < -0.39 is 0 Å². The molecule has 0 radical (unpaired) electrons. The maximum atomic E-state index is 12.3. The molecule has 1 aliphatic heterocycles. The van der Waals surface area contributed by atoms with Crippen LogP contribution in [0.2, 0.25) is 0 Å². The fourth-order valence-electron chi connectivity index (χ4n) is 10.4. The number of fused-ring (bicyclic) bond motifs is 5. The second-order valence-electron chi connectivity index (χ2n) is 14.0. The summed E-state index contributed by atoms with van der Waals surface area (Å²) in [6.07, 6.45) is 8.96. The quantitative estimate of drug-likeness (QED) is 0.487. The largest absolute Gasteiger partial charge is 0.449 e. The number of ether oxygens (including phenoxy) is 1. The lowest BCUT2D eigenvalue weighted by Gasteiger charge is -2.64. The third kappa shape index (κ3) is 4.22. The first-order valence-corrected chi connectivity index (χ1v) is 15.0. The Morgan fingerprint density at radius 3 is 2.42 bits per heavy atom. The van der Waals surface area contributed by atoms with E-state index in [0.717, 1.165) is 32.1 Å². The third-order valence-electron chi connectivity index (χ3n) is 12.4. The van der Waals surface area contributed by atoms with Gasteiger partial charge in [-0.1, -0.05) is 34.1 Å². The molecule has 0 aromatic heterocycles. The Kier molecular flexibility index (Phi) is 7.46. The molecule has 6 nitrogen and oxygen atoms in total. The lowest BCUT2D eigenvalue weighted by atomic mass is 9.41. The summed E-state index contributed by atoms with van der Waals surface area (Å²) in [6, 6.07) is 0. The van der Waals surface area contributed by atoms with Gasteiger partial charge in [-0.3, -0.25) is 0 Å². The second-order valence-corrected chi connectivity index (χ2v) is 14.0. The molecule has 0 bridgehead atoms. The molecule has 11 atom stereocenters. The zero-order valence-electron chi connectivity index (χ0n) is 23.1. The highest BCUT2D eigenvalue weighted by atomic mass is 16.6. The van der Waals surface area contributed by atoms with Gasteiger partial charge < -0.3 is 25.0 Å². The Bertz CT molecular complexity index is 800. The summed E-state index contributed by atoms with van der Waals surface area (Å²) in [5.41, 5.74) is 0.488. The second kappa shape index (κ2) is 10.0. The van der Waals surface area contributed by atoms with Crippen molar-refractivity contribution in [3.05, 3.63) is 0 Å². The molecule has 5 rings (SSSR count). The molecule has 3 N–H and O–H groups in total. The molecule has 1 saturated heterocycles. The van der Waals surface area contributed by atoms with Crippen LogP contribution in [0.25, 0.3) is 0 Å². The van der Waals surface area contributed by atoms with Crippen molar-refractivity contribution in [2.45, 2.75) is 97.7 Å². The number of hydrogen-bond donors (Lipinski definition) is 3. The van der Waals surface area contributed by atoms with Gasteiger partial charge in [0, 0.05) is 25.6 Å². The molecule has 4 aliphatic carbocycles. The van der Waals surface area contributed by atoms with E-state index in [1.54, 1.807) is 4.90 Å². The number of hydrogen-bond acceptors (Lipinski definition) is 5. The fraction of sp³-hybridized carbons (Fsp3) is 0.967. The van der Waals surface area contributed by atoms with Crippen LogP contribution in [0.5, 0.6) is 0 Å². The van der Waals surface area contributed by atoms with Gasteiger partial charge in [0.25, 0.3) is 0 Å². The van der Waals surface area contributed by atoms with Gasteiger partial charge in [-0.25, -0.2) is 4.79 Å². The molecule has 1 heterocycles. The molecule has 4 saturated carbocycles. The van der Waals surface area contributed by atoms with Gasteiger partial charge in [0.05, 0.1) is 18.8 Å². The van der Waals surface area contributed by atoms with E-state index in [0.29, 0.717) is 61.1 Å². The number of likely N-dealkylation sites (tertiary alicyclic amines) is 1. The Hall–Kier alpha value is -0.850. The van der Waals surface area contributed by atoms with Crippen molar-refractivity contribution in [1.29, 1.82) is 0 Å². The molecule has 206 valence electrons. The maximum Gasteiger partial charge on any atom is 0.409 e. The van der Waals surface area contributed by atoms with Crippen molar-refractivity contribution in [1.82, 2.24) is 4.90 Å². The van der Waals surface area contributed by atoms with Crippen molar-refractivity contribution in [2.24, 2.45) is 58.2 Å². The van der Waals surface area contributed by atoms with Crippen molar-refractivity contribution in [3.8, 4) is 0 Å². The smallest absolute Gasteiger partial charge is 0.409 e. The number of nitrogens with zero attached hydrogens (tertiary/aromatic N) is 1. The topological polar surface area (TPSA) is 90.2 Å². The molecule has 5 fully saturated rings. The van der Waals surface area contributed by atoms with Gasteiger partial charge in [-0.2, -0.15) is 0 Å². The number of aliphatic hydroxyl groups is 3. The van der Waals surface area contributed by atoms with E-state index in [1.807, 2.05) is 0 Å². The van der Waals surface area contributed by atoms with Crippen LogP contribution >= 0.6 is 0 Å². The summed E-state index contributed by atoms with van der Waals surface area (Å²) in [4.78, 5) is 14.0. The van der Waals surface area contributed by atoms with Crippen LogP contribution in [0.15, 0.2) is 0 Å². The summed E-state index contributed by atoms with van der Waals surface area (Å²) >= 11 is 0. The molecule has 0 aromatic rings. The van der Waals surface area contributed by atoms with Crippen LogP contribution in [0.1, 0.15) is 85.5 Å². The maximum absolute atomic E-state index is 12.3. The lowest BCUT2D eigenvalue weighted by Crippen LogP contribution is -2.62. The number of rotatable bonds is 6. The molecule has 36 heavy (non-hydrogen) atoms. The Morgan fingerprint density at radius 2 is 1.72 bits per heavy atom. The minimum absolute atomic E-state index is 0.138. The van der Waals surface area contributed by atoms with Crippen LogP contribution in [0.3, 0.4) is 0 Å². The zero-order chi connectivity index (χ0) is 25.8. The molecular weight excluding hydrogens is 454 g/mol. The van der Waals surface area contributed by atoms with Gasteiger partial charge in [0.2, 0.25) is 0 Å². The summed E-state index contributed by atoms with van der Waals surface area (Å²) in [5, 5.41) is 31.5. The molecule has 5 aliphatic rings. The summed E-state index contributed by atoms with van der Waals surface area (Å²) in [5.74, 6) is 3.56. The molecular formula is C30H51NO5. The molecule has 1 amide bonds. The Balaban J connectivity index is 1.25. The predicted molar refractivity (Wildman–Crippen MR) is 139 cm³/mol. The minimum Gasteiger partial charge on any atom is -0.449 e. The monoisotopic (exact) mass is 505 g/mol. The van der Waals surface area contributed by atoms with Crippen LogP contribution in [-0.4, -0.2) is 64.8 Å². The highest BCUT2D eigenvalue weighted by Crippen LogP contribution is 2.69. The summed E-state index contributed by atoms with van der Waals surface area (Å²) in [7, 11) is 0. The zero-order valence-corrected chi connectivity index (χ0v) is 23.1. The first-order valence-electron chi connectivity index (χ1n) is 15.0. The van der Waals surface area contributed by atoms with Crippen LogP contribution < -0.4 is 0 Å². The fourth-order valence-corrected chi connectivity index (χ4v) is 10.4. The number of carbonyl (C=O) groups excluding carboxylic acids is 1. The van der Waals surface area contributed by atoms with Crippen molar-refractivity contribution in [3.63, 3.8) is 0 Å². The van der Waals surface area contributed by atoms with Crippen LogP contribution in [0, 0.1) is 58.2 Å².